The SMILES string of the molecule is Cc1cc(-c2cc(NC(=O)COCc3cc[nH]c(=O)c3)n[nH]2)ccn1. The van der Waals surface area contributed by atoms with Gasteiger partial charge in [0.1, 0.15) is 6.61 Å². The predicted octanol–water partition coefficient (Wildman–Crippen LogP) is 1.62. The average Bonchev–Trinajstić information content (AvgIpc) is 3.03. The van der Waals surface area contributed by atoms with E-state index in [9.17, 15) is 9.59 Å². The van der Waals surface area contributed by atoms with Crippen LogP contribution in [0.5, 0.6) is 0 Å². The van der Waals surface area contributed by atoms with Gasteiger partial charge < -0.3 is 15.0 Å². The molecule has 25 heavy (non-hydrogen) atoms. The summed E-state index contributed by atoms with van der Waals surface area (Å²) in [5.74, 6) is 0.0861. The summed E-state index contributed by atoms with van der Waals surface area (Å²) in [5.41, 5.74) is 3.11. The summed E-state index contributed by atoms with van der Waals surface area (Å²) in [4.78, 5) is 29.7. The first kappa shape index (κ1) is 16.6. The van der Waals surface area contributed by atoms with E-state index in [0.717, 1.165) is 17.0 Å². The van der Waals surface area contributed by atoms with E-state index in [2.05, 4.69) is 25.5 Å². The number of carbonyl (C=O) groups is 1. The molecule has 0 unspecified atom stereocenters. The van der Waals surface area contributed by atoms with Gasteiger partial charge in [0.2, 0.25) is 5.56 Å². The van der Waals surface area contributed by atoms with E-state index in [1.807, 2.05) is 19.1 Å². The molecule has 0 atom stereocenters. The van der Waals surface area contributed by atoms with Crippen LogP contribution in [0.1, 0.15) is 11.3 Å². The van der Waals surface area contributed by atoms with Gasteiger partial charge >= 0.3 is 0 Å². The van der Waals surface area contributed by atoms with Gasteiger partial charge in [-0.2, -0.15) is 5.10 Å². The Morgan fingerprint density at radius 1 is 1.28 bits per heavy atom. The lowest BCUT2D eigenvalue weighted by Crippen LogP contribution is -2.18. The molecule has 3 heterocycles. The van der Waals surface area contributed by atoms with Gasteiger partial charge in [0, 0.05) is 35.8 Å². The fraction of sp³-hybridized carbons (Fsp3) is 0.176. The molecule has 0 aliphatic carbocycles. The number of carbonyl (C=O) groups excluding carboxylic acids is 1. The van der Waals surface area contributed by atoms with Crippen LogP contribution in [0.25, 0.3) is 11.3 Å². The monoisotopic (exact) mass is 339 g/mol. The minimum Gasteiger partial charge on any atom is -0.367 e. The number of amides is 1. The molecule has 0 spiro atoms. The van der Waals surface area contributed by atoms with Crippen LogP contribution in [-0.2, 0) is 16.1 Å². The zero-order valence-corrected chi connectivity index (χ0v) is 13.6. The molecule has 0 saturated carbocycles. The molecule has 1 amide bonds. The Bertz CT molecular complexity index is 932. The highest BCUT2D eigenvalue weighted by atomic mass is 16.5. The first-order chi connectivity index (χ1) is 12.1. The first-order valence-electron chi connectivity index (χ1n) is 7.64. The van der Waals surface area contributed by atoms with E-state index in [1.165, 1.54) is 12.3 Å². The third kappa shape index (κ3) is 4.61. The number of ether oxygens (including phenoxy) is 1. The number of aromatic amines is 2. The van der Waals surface area contributed by atoms with Gasteiger partial charge in [-0.1, -0.05) is 0 Å². The van der Waals surface area contributed by atoms with E-state index in [4.69, 9.17) is 4.74 Å². The number of rotatable bonds is 6. The summed E-state index contributed by atoms with van der Waals surface area (Å²) in [6.07, 6.45) is 3.25. The van der Waals surface area contributed by atoms with Crippen molar-refractivity contribution in [2.75, 3.05) is 11.9 Å². The smallest absolute Gasteiger partial charge is 0.251 e. The molecule has 8 heteroatoms. The minimum absolute atomic E-state index is 0.136. The normalized spacial score (nSPS) is 10.6. The van der Waals surface area contributed by atoms with E-state index in [0.29, 0.717) is 11.4 Å². The van der Waals surface area contributed by atoms with Crippen molar-refractivity contribution in [3.63, 3.8) is 0 Å². The van der Waals surface area contributed by atoms with E-state index >= 15 is 0 Å². The maximum Gasteiger partial charge on any atom is 0.251 e. The van der Waals surface area contributed by atoms with Gasteiger partial charge in [-0.3, -0.25) is 19.7 Å². The molecular weight excluding hydrogens is 322 g/mol. The van der Waals surface area contributed by atoms with Gasteiger partial charge in [0.15, 0.2) is 5.82 Å². The molecule has 3 aromatic heterocycles. The lowest BCUT2D eigenvalue weighted by Gasteiger charge is -2.04. The van der Waals surface area contributed by atoms with Crippen LogP contribution < -0.4 is 10.9 Å². The second-order valence-corrected chi connectivity index (χ2v) is 5.45. The number of H-pyrrole nitrogens is 2. The predicted molar refractivity (Wildman–Crippen MR) is 91.9 cm³/mol. The lowest BCUT2D eigenvalue weighted by molar-refractivity contribution is -0.121. The largest absolute Gasteiger partial charge is 0.367 e. The maximum atomic E-state index is 11.9. The van der Waals surface area contributed by atoms with Crippen LogP contribution in [0.4, 0.5) is 5.82 Å². The molecule has 3 aromatic rings. The van der Waals surface area contributed by atoms with Crippen LogP contribution >= 0.6 is 0 Å². The Hall–Kier alpha value is -3.26. The van der Waals surface area contributed by atoms with Gasteiger partial charge in [0.05, 0.1) is 12.3 Å². The highest BCUT2D eigenvalue weighted by Crippen LogP contribution is 2.19. The molecule has 0 saturated heterocycles. The number of hydrogen-bond acceptors (Lipinski definition) is 5. The molecule has 3 N–H and O–H groups in total. The molecule has 0 aliphatic rings. The van der Waals surface area contributed by atoms with Gasteiger partial charge in [-0.15, -0.1) is 0 Å². The van der Waals surface area contributed by atoms with Gasteiger partial charge in [0.25, 0.3) is 5.91 Å². The number of aryl methyl sites for hydroxylation is 1. The number of aromatic nitrogens is 4. The zero-order chi connectivity index (χ0) is 17.6. The molecule has 0 fully saturated rings. The zero-order valence-electron chi connectivity index (χ0n) is 13.6. The molecule has 0 aliphatic heterocycles. The molecule has 8 nitrogen and oxygen atoms in total. The standard InChI is InChI=1S/C17H17N5O3/c1-11-6-13(3-5-18-11)14-8-15(22-21-14)20-17(24)10-25-9-12-2-4-19-16(23)7-12/h2-8H,9-10H2,1H3,(H,19,23)(H2,20,21,22,24). The second kappa shape index (κ2) is 7.54. The van der Waals surface area contributed by atoms with Crippen LogP contribution in [0, 0.1) is 6.92 Å². The van der Waals surface area contributed by atoms with Crippen molar-refractivity contribution in [1.82, 2.24) is 20.2 Å². The van der Waals surface area contributed by atoms with E-state index < -0.39 is 0 Å². The molecule has 3 rings (SSSR count). The quantitative estimate of drug-likeness (QED) is 0.632. The van der Waals surface area contributed by atoms with Gasteiger partial charge in [-0.25, -0.2) is 0 Å². The maximum absolute atomic E-state index is 11.9. The summed E-state index contributed by atoms with van der Waals surface area (Å²) < 4.78 is 5.30. The highest BCUT2D eigenvalue weighted by Gasteiger charge is 2.08. The third-order valence-corrected chi connectivity index (χ3v) is 3.39. The lowest BCUT2D eigenvalue weighted by atomic mass is 10.2. The van der Waals surface area contributed by atoms with E-state index in [1.54, 1.807) is 18.3 Å². The number of nitrogens with zero attached hydrogens (tertiary/aromatic N) is 2. The van der Waals surface area contributed by atoms with Crippen molar-refractivity contribution in [3.05, 3.63) is 64.3 Å². The molecule has 0 radical (unpaired) electrons. The second-order valence-electron chi connectivity index (χ2n) is 5.45. The van der Waals surface area contributed by atoms with Crippen LogP contribution in [0.2, 0.25) is 0 Å². The molecule has 0 aromatic carbocycles. The molecule has 128 valence electrons. The van der Waals surface area contributed by atoms with Crippen LogP contribution in [0.15, 0.2) is 47.5 Å². The van der Waals surface area contributed by atoms with Crippen molar-refractivity contribution in [1.29, 1.82) is 0 Å². The Morgan fingerprint density at radius 3 is 2.96 bits per heavy atom. The average molecular weight is 339 g/mol. The minimum atomic E-state index is -0.325. The topological polar surface area (TPSA) is 113 Å². The van der Waals surface area contributed by atoms with Crippen LogP contribution in [-0.4, -0.2) is 32.7 Å². The summed E-state index contributed by atoms with van der Waals surface area (Å²) >= 11 is 0. The fourth-order valence-corrected chi connectivity index (χ4v) is 2.27. The Balaban J connectivity index is 1.52. The number of hydrogen-bond donors (Lipinski definition) is 3. The number of nitrogens with one attached hydrogen (secondary N) is 3. The summed E-state index contributed by atoms with van der Waals surface area (Å²) in [7, 11) is 0. The number of pyridine rings is 2. The first-order valence-corrected chi connectivity index (χ1v) is 7.64. The molecule has 0 bridgehead atoms. The molecular formula is C17H17N5O3. The Kier molecular flexibility index (Phi) is 5.00. The van der Waals surface area contributed by atoms with Crippen molar-refractivity contribution >= 4 is 11.7 Å². The van der Waals surface area contributed by atoms with Crippen molar-refractivity contribution in [3.8, 4) is 11.3 Å². The van der Waals surface area contributed by atoms with Crippen molar-refractivity contribution < 1.29 is 9.53 Å². The number of anilines is 1. The Morgan fingerprint density at radius 2 is 2.16 bits per heavy atom. The Labute approximate surface area is 143 Å². The summed E-state index contributed by atoms with van der Waals surface area (Å²) in [5, 5.41) is 9.59. The summed E-state index contributed by atoms with van der Waals surface area (Å²) in [6, 6.07) is 8.66. The van der Waals surface area contributed by atoms with Crippen molar-refractivity contribution in [2.45, 2.75) is 13.5 Å². The fourth-order valence-electron chi connectivity index (χ4n) is 2.27. The third-order valence-electron chi connectivity index (χ3n) is 3.39. The van der Waals surface area contributed by atoms with E-state index in [-0.39, 0.29) is 24.7 Å². The highest BCUT2D eigenvalue weighted by molar-refractivity contribution is 5.91. The van der Waals surface area contributed by atoms with Gasteiger partial charge in [-0.05, 0) is 30.7 Å². The van der Waals surface area contributed by atoms with Crippen molar-refractivity contribution in [2.24, 2.45) is 0 Å². The van der Waals surface area contributed by atoms with Crippen LogP contribution in [0.3, 0.4) is 0 Å². The summed E-state index contributed by atoms with van der Waals surface area (Å²) in [6.45, 7) is 1.95.